The van der Waals surface area contributed by atoms with E-state index in [-0.39, 0.29) is 17.9 Å². The van der Waals surface area contributed by atoms with Crippen LogP contribution in [0, 0.1) is 17.3 Å². The van der Waals surface area contributed by atoms with Gasteiger partial charge in [0.2, 0.25) is 5.91 Å². The van der Waals surface area contributed by atoms with Gasteiger partial charge < -0.3 is 15.7 Å². The van der Waals surface area contributed by atoms with Gasteiger partial charge in [0, 0.05) is 19.5 Å². The van der Waals surface area contributed by atoms with Gasteiger partial charge in [0.05, 0.1) is 5.92 Å². The van der Waals surface area contributed by atoms with Gasteiger partial charge in [0.25, 0.3) is 0 Å². The molecule has 2 atom stereocenters. The summed E-state index contributed by atoms with van der Waals surface area (Å²) in [5.41, 5.74) is 5.79. The van der Waals surface area contributed by atoms with Crippen LogP contribution in [0.15, 0.2) is 0 Å². The quantitative estimate of drug-likeness (QED) is 0.684. The van der Waals surface area contributed by atoms with Crippen molar-refractivity contribution in [1.82, 2.24) is 4.90 Å². The number of carboxylic acid groups (broad SMARTS) is 1. The highest BCUT2D eigenvalue weighted by atomic mass is 16.4. The Labute approximate surface area is 128 Å². The molecule has 0 bridgehead atoms. The number of hydrogen-bond acceptors (Lipinski definition) is 3. The highest BCUT2D eigenvalue weighted by Crippen LogP contribution is 2.32. The number of aliphatic carboxylic acids is 1. The normalized spacial score (nSPS) is 14.6. The second-order valence-corrected chi connectivity index (χ2v) is 6.85. The fourth-order valence-electron chi connectivity index (χ4n) is 2.48. The first kappa shape index (κ1) is 19.9. The van der Waals surface area contributed by atoms with Crippen molar-refractivity contribution in [3.63, 3.8) is 0 Å². The average Bonchev–Trinajstić information content (AvgIpc) is 2.38. The van der Waals surface area contributed by atoms with Crippen molar-refractivity contribution >= 4 is 11.9 Å². The summed E-state index contributed by atoms with van der Waals surface area (Å²) < 4.78 is 0. The summed E-state index contributed by atoms with van der Waals surface area (Å²) in [6.07, 6.45) is 2.17. The van der Waals surface area contributed by atoms with Crippen LogP contribution in [0.25, 0.3) is 0 Å². The number of rotatable bonds is 9. The van der Waals surface area contributed by atoms with Crippen molar-refractivity contribution < 1.29 is 14.7 Å². The molecule has 0 aliphatic carbocycles. The summed E-state index contributed by atoms with van der Waals surface area (Å²) in [7, 11) is 0. The first-order valence-electron chi connectivity index (χ1n) is 7.84. The van der Waals surface area contributed by atoms with Gasteiger partial charge in [-0.2, -0.15) is 0 Å². The van der Waals surface area contributed by atoms with Gasteiger partial charge in [-0.05, 0) is 37.6 Å². The molecular weight excluding hydrogens is 268 g/mol. The average molecular weight is 300 g/mol. The Kier molecular flexibility index (Phi) is 8.55. The molecule has 0 aromatic heterocycles. The van der Waals surface area contributed by atoms with E-state index >= 15 is 0 Å². The molecule has 5 nitrogen and oxygen atoms in total. The number of nitrogens with two attached hydrogens (primary N) is 1. The topological polar surface area (TPSA) is 83.6 Å². The lowest BCUT2D eigenvalue weighted by molar-refractivity contribution is -0.143. The molecule has 2 unspecified atom stereocenters. The Bertz CT molecular complexity index is 337. The van der Waals surface area contributed by atoms with E-state index in [4.69, 9.17) is 10.8 Å². The third kappa shape index (κ3) is 7.46. The Balaban J connectivity index is 4.52. The van der Waals surface area contributed by atoms with Crippen LogP contribution in [-0.2, 0) is 9.59 Å². The fraction of sp³-hybridized carbons (Fsp3) is 0.875. The summed E-state index contributed by atoms with van der Waals surface area (Å²) in [5, 5.41) is 8.95. The molecule has 21 heavy (non-hydrogen) atoms. The molecular formula is C16H32N2O3. The van der Waals surface area contributed by atoms with Gasteiger partial charge in [-0.15, -0.1) is 0 Å². The van der Waals surface area contributed by atoms with Crippen molar-refractivity contribution in [3.05, 3.63) is 0 Å². The summed E-state index contributed by atoms with van der Waals surface area (Å²) in [5.74, 6) is -0.952. The highest BCUT2D eigenvalue weighted by Gasteiger charge is 2.26. The highest BCUT2D eigenvalue weighted by molar-refractivity contribution is 5.77. The molecule has 0 aromatic carbocycles. The number of nitrogens with zero attached hydrogens (tertiary/aromatic N) is 1. The smallest absolute Gasteiger partial charge is 0.308 e. The predicted molar refractivity (Wildman–Crippen MR) is 84.9 cm³/mol. The largest absolute Gasteiger partial charge is 0.481 e. The molecule has 0 radical (unpaired) electrons. The molecule has 0 saturated heterocycles. The van der Waals surface area contributed by atoms with Gasteiger partial charge in [0.15, 0.2) is 0 Å². The van der Waals surface area contributed by atoms with Gasteiger partial charge >= 0.3 is 5.97 Å². The number of amides is 1. The van der Waals surface area contributed by atoms with E-state index in [1.165, 1.54) is 0 Å². The zero-order chi connectivity index (χ0) is 16.6. The summed E-state index contributed by atoms with van der Waals surface area (Å²) >= 11 is 0. The lowest BCUT2D eigenvalue weighted by Crippen LogP contribution is -2.37. The minimum atomic E-state index is -0.864. The van der Waals surface area contributed by atoms with E-state index in [1.54, 1.807) is 11.8 Å². The van der Waals surface area contributed by atoms with Crippen molar-refractivity contribution in [2.24, 2.45) is 23.0 Å². The van der Waals surface area contributed by atoms with E-state index in [0.29, 0.717) is 25.4 Å². The molecule has 124 valence electrons. The molecule has 0 rings (SSSR count). The zero-order valence-electron chi connectivity index (χ0n) is 14.2. The van der Waals surface area contributed by atoms with Crippen LogP contribution in [0.1, 0.15) is 53.9 Å². The summed E-state index contributed by atoms with van der Waals surface area (Å²) in [6, 6.07) is 0. The Morgan fingerprint density at radius 2 is 1.81 bits per heavy atom. The molecule has 5 heteroatoms. The molecule has 0 fully saturated rings. The Hall–Kier alpha value is -1.10. The van der Waals surface area contributed by atoms with Crippen LogP contribution in [0.5, 0.6) is 0 Å². The van der Waals surface area contributed by atoms with Gasteiger partial charge in [0.1, 0.15) is 0 Å². The monoisotopic (exact) mass is 300 g/mol. The van der Waals surface area contributed by atoms with E-state index in [1.807, 2.05) is 6.92 Å². The zero-order valence-corrected chi connectivity index (χ0v) is 14.2. The van der Waals surface area contributed by atoms with Crippen LogP contribution in [0.3, 0.4) is 0 Å². The lowest BCUT2D eigenvalue weighted by Gasteiger charge is -2.31. The molecule has 0 spiro atoms. The molecule has 0 aliphatic heterocycles. The molecule has 0 saturated carbocycles. The maximum atomic E-state index is 12.3. The number of carbonyl (C=O) groups excluding carboxylic acids is 1. The van der Waals surface area contributed by atoms with E-state index < -0.39 is 11.9 Å². The van der Waals surface area contributed by atoms with Crippen LogP contribution >= 0.6 is 0 Å². The van der Waals surface area contributed by atoms with Crippen LogP contribution in [0.4, 0.5) is 0 Å². The van der Waals surface area contributed by atoms with Crippen molar-refractivity contribution in [3.8, 4) is 0 Å². The predicted octanol–water partition coefficient (Wildman–Crippen LogP) is 2.35. The molecule has 1 amide bonds. The van der Waals surface area contributed by atoms with E-state index in [2.05, 4.69) is 20.8 Å². The molecule has 0 heterocycles. The second-order valence-electron chi connectivity index (χ2n) is 6.85. The maximum Gasteiger partial charge on any atom is 0.308 e. The first-order chi connectivity index (χ1) is 9.63. The Morgan fingerprint density at radius 1 is 1.24 bits per heavy atom. The SMILES string of the molecule is CCN(CC(C)C(=O)O)C(=O)CCC(CCN)C(C)(C)C. The minimum Gasteiger partial charge on any atom is -0.481 e. The van der Waals surface area contributed by atoms with Crippen molar-refractivity contribution in [2.45, 2.75) is 53.9 Å². The van der Waals surface area contributed by atoms with E-state index in [0.717, 1.165) is 12.8 Å². The van der Waals surface area contributed by atoms with Crippen molar-refractivity contribution in [2.75, 3.05) is 19.6 Å². The number of carbonyl (C=O) groups is 2. The molecule has 0 aromatic rings. The van der Waals surface area contributed by atoms with Gasteiger partial charge in [-0.3, -0.25) is 9.59 Å². The third-order valence-electron chi connectivity index (χ3n) is 4.10. The molecule has 0 aliphatic rings. The maximum absolute atomic E-state index is 12.3. The fourth-order valence-corrected chi connectivity index (χ4v) is 2.48. The van der Waals surface area contributed by atoms with Gasteiger partial charge in [-0.25, -0.2) is 0 Å². The van der Waals surface area contributed by atoms with E-state index in [9.17, 15) is 9.59 Å². The summed E-state index contributed by atoms with van der Waals surface area (Å²) in [4.78, 5) is 24.8. The first-order valence-corrected chi connectivity index (χ1v) is 7.84. The van der Waals surface area contributed by atoms with Crippen LogP contribution in [-0.4, -0.2) is 41.5 Å². The van der Waals surface area contributed by atoms with Crippen molar-refractivity contribution in [1.29, 1.82) is 0 Å². The summed E-state index contributed by atoms with van der Waals surface area (Å²) in [6.45, 7) is 11.5. The molecule has 3 N–H and O–H groups in total. The number of carboxylic acids is 1. The third-order valence-corrected chi connectivity index (χ3v) is 4.10. The van der Waals surface area contributed by atoms with Crippen LogP contribution in [0.2, 0.25) is 0 Å². The number of hydrogen-bond donors (Lipinski definition) is 2. The standard InChI is InChI=1S/C16H32N2O3/c1-6-18(11-12(2)15(20)21)14(19)8-7-13(9-10-17)16(3,4)5/h12-13H,6-11,17H2,1-5H3,(H,20,21). The lowest BCUT2D eigenvalue weighted by atomic mass is 9.76. The minimum absolute atomic E-state index is 0.0388. The van der Waals surface area contributed by atoms with Gasteiger partial charge in [-0.1, -0.05) is 27.7 Å². The van der Waals surface area contributed by atoms with Crippen LogP contribution < -0.4 is 5.73 Å². The Morgan fingerprint density at radius 3 is 2.19 bits per heavy atom. The second kappa shape index (κ2) is 9.03.